The Bertz CT molecular complexity index is 735. The SMILES string of the molecule is O=C(N[C@H](Nc1cccc([N+](=O)[O-])c1)C(Br)(Br)Br)c1ccccc1. The highest BCUT2D eigenvalue weighted by Crippen LogP contribution is 2.37. The Labute approximate surface area is 163 Å². The van der Waals surface area contributed by atoms with E-state index in [0.717, 1.165) is 0 Å². The van der Waals surface area contributed by atoms with E-state index in [4.69, 9.17) is 0 Å². The first-order chi connectivity index (χ1) is 11.3. The molecule has 1 amide bonds. The van der Waals surface area contributed by atoms with Gasteiger partial charge in [0, 0.05) is 23.4 Å². The van der Waals surface area contributed by atoms with Crippen molar-refractivity contribution in [1.29, 1.82) is 0 Å². The van der Waals surface area contributed by atoms with Crippen LogP contribution in [0.2, 0.25) is 0 Å². The lowest BCUT2D eigenvalue weighted by Gasteiger charge is -2.28. The standard InChI is InChI=1S/C15H12Br3N3O3/c16-15(17,18)14(20-13(22)10-5-2-1-3-6-10)19-11-7-4-8-12(9-11)21(23)24/h1-9,14,19H,(H,20,22)/t14-/m0/s1. The summed E-state index contributed by atoms with van der Waals surface area (Å²) in [6.07, 6.45) is -0.646. The van der Waals surface area contributed by atoms with E-state index < -0.39 is 13.2 Å². The number of hydrogen-bond donors (Lipinski definition) is 2. The average Bonchev–Trinajstić information content (AvgIpc) is 2.54. The van der Waals surface area contributed by atoms with Crippen LogP contribution in [0.3, 0.4) is 0 Å². The maximum Gasteiger partial charge on any atom is 0.271 e. The van der Waals surface area contributed by atoms with Gasteiger partial charge < -0.3 is 10.6 Å². The number of carbonyl (C=O) groups is 1. The number of carbonyl (C=O) groups excluding carboxylic acids is 1. The molecule has 0 radical (unpaired) electrons. The predicted molar refractivity (Wildman–Crippen MR) is 104 cm³/mol. The van der Waals surface area contributed by atoms with Crippen molar-refractivity contribution < 1.29 is 9.72 Å². The molecule has 0 aliphatic carbocycles. The number of nitrogens with zero attached hydrogens (tertiary/aromatic N) is 1. The number of halogens is 3. The molecule has 0 spiro atoms. The van der Waals surface area contributed by atoms with E-state index in [0.29, 0.717) is 11.3 Å². The van der Waals surface area contributed by atoms with E-state index in [9.17, 15) is 14.9 Å². The summed E-state index contributed by atoms with van der Waals surface area (Å²) in [6.45, 7) is 0. The molecule has 0 saturated heterocycles. The second kappa shape index (κ2) is 8.09. The van der Waals surface area contributed by atoms with E-state index in [1.807, 2.05) is 6.07 Å². The van der Waals surface area contributed by atoms with Crippen LogP contribution in [-0.4, -0.2) is 19.1 Å². The molecule has 0 bridgehead atoms. The summed E-state index contributed by atoms with van der Waals surface area (Å²) < 4.78 is -0.859. The largest absolute Gasteiger partial charge is 0.363 e. The smallest absolute Gasteiger partial charge is 0.271 e. The van der Waals surface area contributed by atoms with Crippen molar-refractivity contribution in [2.75, 3.05) is 5.32 Å². The van der Waals surface area contributed by atoms with Crippen LogP contribution in [0.1, 0.15) is 10.4 Å². The highest BCUT2D eigenvalue weighted by atomic mass is 80.0. The Balaban J connectivity index is 2.19. The zero-order chi connectivity index (χ0) is 17.7. The molecule has 0 aliphatic rings. The molecular weight excluding hydrogens is 510 g/mol. The van der Waals surface area contributed by atoms with E-state index in [2.05, 4.69) is 58.4 Å². The Morgan fingerprint density at radius 2 is 1.75 bits per heavy atom. The third kappa shape index (κ3) is 5.29. The zero-order valence-electron chi connectivity index (χ0n) is 12.1. The molecule has 0 heterocycles. The van der Waals surface area contributed by atoms with Crippen LogP contribution in [0.25, 0.3) is 0 Å². The number of anilines is 1. The highest BCUT2D eigenvalue weighted by Gasteiger charge is 2.32. The van der Waals surface area contributed by atoms with Gasteiger partial charge in [0.15, 0.2) is 2.14 Å². The summed E-state index contributed by atoms with van der Waals surface area (Å²) in [5, 5.41) is 16.7. The number of benzene rings is 2. The number of rotatable bonds is 5. The molecule has 6 nitrogen and oxygen atoms in total. The quantitative estimate of drug-likeness (QED) is 0.261. The van der Waals surface area contributed by atoms with Gasteiger partial charge in [0.1, 0.15) is 6.17 Å². The lowest BCUT2D eigenvalue weighted by atomic mass is 10.2. The number of non-ortho nitro benzene ring substituents is 1. The van der Waals surface area contributed by atoms with Crippen molar-refractivity contribution in [1.82, 2.24) is 5.32 Å². The molecule has 24 heavy (non-hydrogen) atoms. The minimum atomic E-state index is -0.859. The van der Waals surface area contributed by atoms with Crippen molar-refractivity contribution in [3.63, 3.8) is 0 Å². The fourth-order valence-electron chi connectivity index (χ4n) is 1.88. The summed E-state index contributed by atoms with van der Waals surface area (Å²) in [7, 11) is 0. The third-order valence-corrected chi connectivity index (χ3v) is 4.38. The molecular formula is C15H12Br3N3O3. The predicted octanol–water partition coefficient (Wildman–Crippen LogP) is 4.60. The molecule has 126 valence electrons. The minimum Gasteiger partial charge on any atom is -0.363 e. The van der Waals surface area contributed by atoms with Crippen molar-refractivity contribution >= 4 is 65.1 Å². The van der Waals surface area contributed by atoms with E-state index in [1.165, 1.54) is 12.1 Å². The number of nitro groups is 1. The topological polar surface area (TPSA) is 84.3 Å². The summed E-state index contributed by atoms with van der Waals surface area (Å²) in [5.74, 6) is -0.291. The van der Waals surface area contributed by atoms with Gasteiger partial charge in [-0.1, -0.05) is 72.1 Å². The molecule has 2 N–H and O–H groups in total. The molecule has 2 aromatic carbocycles. The molecule has 0 unspecified atom stereocenters. The number of alkyl halides is 3. The van der Waals surface area contributed by atoms with E-state index in [1.54, 1.807) is 36.4 Å². The Kier molecular flexibility index (Phi) is 6.36. The van der Waals surface area contributed by atoms with Gasteiger partial charge >= 0.3 is 0 Å². The van der Waals surface area contributed by atoms with Crippen LogP contribution in [-0.2, 0) is 0 Å². The number of amides is 1. The summed E-state index contributed by atoms with van der Waals surface area (Å²) in [5.41, 5.74) is 0.947. The monoisotopic (exact) mass is 519 g/mol. The lowest BCUT2D eigenvalue weighted by Crippen LogP contribution is -2.48. The maximum absolute atomic E-state index is 12.3. The Morgan fingerprint density at radius 1 is 1.08 bits per heavy atom. The second-order valence-corrected chi connectivity index (χ2v) is 11.7. The molecule has 9 heteroatoms. The van der Waals surface area contributed by atoms with Crippen LogP contribution in [0.4, 0.5) is 11.4 Å². The van der Waals surface area contributed by atoms with Gasteiger partial charge in [-0.05, 0) is 18.2 Å². The molecule has 2 rings (SSSR count). The summed E-state index contributed by atoms with van der Waals surface area (Å²) in [6, 6.07) is 14.8. The lowest BCUT2D eigenvalue weighted by molar-refractivity contribution is -0.384. The van der Waals surface area contributed by atoms with Gasteiger partial charge in [0.25, 0.3) is 11.6 Å². The first kappa shape index (κ1) is 18.9. The molecule has 0 aliphatic heterocycles. The first-order valence-corrected chi connectivity index (χ1v) is 9.09. The number of nitro benzene ring substituents is 1. The second-order valence-electron chi connectivity index (χ2n) is 4.77. The van der Waals surface area contributed by atoms with Crippen molar-refractivity contribution in [2.45, 2.75) is 8.31 Å². The van der Waals surface area contributed by atoms with Crippen LogP contribution in [0.5, 0.6) is 0 Å². The van der Waals surface area contributed by atoms with Gasteiger partial charge in [-0.25, -0.2) is 0 Å². The van der Waals surface area contributed by atoms with Crippen LogP contribution >= 0.6 is 47.8 Å². The highest BCUT2D eigenvalue weighted by molar-refractivity contribution is 9.39. The van der Waals surface area contributed by atoms with Crippen molar-refractivity contribution in [3.05, 3.63) is 70.3 Å². The van der Waals surface area contributed by atoms with Crippen LogP contribution in [0.15, 0.2) is 54.6 Å². The van der Waals surface area contributed by atoms with Gasteiger partial charge in [-0.15, -0.1) is 0 Å². The maximum atomic E-state index is 12.3. The summed E-state index contributed by atoms with van der Waals surface area (Å²) >= 11 is 10.1. The fourth-order valence-corrected chi connectivity index (χ4v) is 2.57. The number of hydrogen-bond acceptors (Lipinski definition) is 4. The Hall–Kier alpha value is -1.45. The Morgan fingerprint density at radius 3 is 2.33 bits per heavy atom. The minimum absolute atomic E-state index is 0.0440. The van der Waals surface area contributed by atoms with Gasteiger partial charge in [-0.2, -0.15) is 0 Å². The van der Waals surface area contributed by atoms with Crippen molar-refractivity contribution in [3.8, 4) is 0 Å². The fraction of sp³-hybridized carbons (Fsp3) is 0.133. The van der Waals surface area contributed by atoms with Gasteiger partial charge in [-0.3, -0.25) is 14.9 Å². The molecule has 0 fully saturated rings. The van der Waals surface area contributed by atoms with Crippen LogP contribution in [0, 0.1) is 10.1 Å². The van der Waals surface area contributed by atoms with E-state index >= 15 is 0 Å². The number of nitrogens with one attached hydrogen (secondary N) is 2. The average molecular weight is 522 g/mol. The van der Waals surface area contributed by atoms with Crippen molar-refractivity contribution in [2.24, 2.45) is 0 Å². The molecule has 2 aromatic rings. The summed E-state index contributed by atoms with van der Waals surface area (Å²) in [4.78, 5) is 22.7. The molecule has 1 atom stereocenters. The van der Waals surface area contributed by atoms with Crippen LogP contribution < -0.4 is 10.6 Å². The van der Waals surface area contributed by atoms with Gasteiger partial charge in [0.05, 0.1) is 4.92 Å². The third-order valence-electron chi connectivity index (χ3n) is 3.01. The molecule has 0 aromatic heterocycles. The first-order valence-electron chi connectivity index (χ1n) is 6.71. The van der Waals surface area contributed by atoms with E-state index in [-0.39, 0.29) is 11.6 Å². The molecule has 0 saturated carbocycles. The zero-order valence-corrected chi connectivity index (χ0v) is 16.8. The van der Waals surface area contributed by atoms with Gasteiger partial charge in [0.2, 0.25) is 0 Å². The normalized spacial score (nSPS) is 12.3.